The summed E-state index contributed by atoms with van der Waals surface area (Å²) in [7, 11) is 0. The van der Waals surface area contributed by atoms with Crippen LogP contribution in [0.2, 0.25) is 0 Å². The Bertz CT molecular complexity index is 309. The van der Waals surface area contributed by atoms with Gasteiger partial charge >= 0.3 is 11.1 Å². The van der Waals surface area contributed by atoms with Gasteiger partial charge in [-0.3, -0.25) is 4.79 Å². The highest BCUT2D eigenvalue weighted by Gasteiger charge is 2.23. The Labute approximate surface area is 79.7 Å². The Kier molecular flexibility index (Phi) is 3.18. The zero-order valence-electron chi connectivity index (χ0n) is 7.19. The average molecular weight is 200 g/mol. The van der Waals surface area contributed by atoms with Crippen molar-refractivity contribution in [3.8, 4) is 0 Å². The highest BCUT2D eigenvalue weighted by Crippen LogP contribution is 2.09. The summed E-state index contributed by atoms with van der Waals surface area (Å²) in [6.07, 6.45) is 1.69. The Hall–Kier alpha value is -1.17. The molecule has 0 fully saturated rings. The number of nitrogens with zero attached hydrogens (tertiary/aromatic N) is 2. The standard InChI is InChI=1S/C7H9N3O2S/c1-5(11)10(4-6(8)12)7-9-2-3-13-7/h2H,3-4H2,1H3,(H-,8,12)/p+1. The Morgan fingerprint density at radius 2 is 2.46 bits per heavy atom. The summed E-state index contributed by atoms with van der Waals surface area (Å²) < 4.78 is 1.27. The fourth-order valence-electron chi connectivity index (χ4n) is 0.882. The number of hydrogen-bond donors (Lipinski definition) is 1. The molecule has 1 rings (SSSR count). The first-order chi connectivity index (χ1) is 6.11. The molecule has 1 heterocycles. The van der Waals surface area contributed by atoms with Gasteiger partial charge in [-0.1, -0.05) is 0 Å². The number of amidine groups is 1. The molecule has 5 nitrogen and oxygen atoms in total. The van der Waals surface area contributed by atoms with E-state index in [9.17, 15) is 9.59 Å². The molecule has 0 radical (unpaired) electrons. The molecule has 0 aromatic carbocycles. The van der Waals surface area contributed by atoms with Gasteiger partial charge in [0.1, 0.15) is 6.21 Å². The van der Waals surface area contributed by atoms with Gasteiger partial charge in [-0.25, -0.2) is 4.79 Å². The quantitative estimate of drug-likeness (QED) is 0.593. The van der Waals surface area contributed by atoms with Crippen molar-refractivity contribution in [1.29, 1.82) is 0 Å². The second-order valence-electron chi connectivity index (χ2n) is 2.48. The van der Waals surface area contributed by atoms with Crippen molar-refractivity contribution >= 4 is 35.0 Å². The summed E-state index contributed by atoms with van der Waals surface area (Å²) in [5.74, 6) is -0.0246. The first kappa shape index (κ1) is 9.91. The van der Waals surface area contributed by atoms with Crippen LogP contribution in [0.25, 0.3) is 0 Å². The van der Waals surface area contributed by atoms with Gasteiger partial charge < -0.3 is 5.73 Å². The van der Waals surface area contributed by atoms with Crippen LogP contribution in [0.4, 0.5) is 0 Å². The summed E-state index contributed by atoms with van der Waals surface area (Å²) in [6.45, 7) is 1.28. The molecule has 0 aromatic heterocycles. The normalized spacial score (nSPS) is 18.8. The fraction of sp³-hybridized carbons (Fsp3) is 0.429. The van der Waals surface area contributed by atoms with Crippen molar-refractivity contribution < 1.29 is 14.2 Å². The second kappa shape index (κ2) is 4.18. The molecular formula is C7H10N3O2S+. The van der Waals surface area contributed by atoms with E-state index in [0.29, 0.717) is 5.17 Å². The summed E-state index contributed by atoms with van der Waals surface area (Å²) in [5.41, 5.74) is 4.99. The van der Waals surface area contributed by atoms with Crippen molar-refractivity contribution in [2.75, 3.05) is 12.3 Å². The molecule has 1 aliphatic rings. The minimum atomic E-state index is -0.537. The molecule has 0 atom stereocenters. The highest BCUT2D eigenvalue weighted by molar-refractivity contribution is 8.14. The predicted molar refractivity (Wildman–Crippen MR) is 51.0 cm³/mol. The second-order valence-corrected chi connectivity index (χ2v) is 3.46. The summed E-state index contributed by atoms with van der Waals surface area (Å²) >= 11 is 1.41. The summed E-state index contributed by atoms with van der Waals surface area (Å²) in [6, 6.07) is 0. The van der Waals surface area contributed by atoms with E-state index < -0.39 is 5.91 Å². The number of amides is 2. The largest absolute Gasteiger partial charge is 0.366 e. The maximum absolute atomic E-state index is 11.1. The Balaban J connectivity index is 2.90. The highest BCUT2D eigenvalue weighted by atomic mass is 32.2. The average Bonchev–Trinajstić information content (AvgIpc) is 2.50. The van der Waals surface area contributed by atoms with Gasteiger partial charge in [-0.15, -0.1) is 0 Å². The number of hydrogen-bond acceptors (Lipinski definition) is 3. The molecule has 0 aromatic rings. The van der Waals surface area contributed by atoms with E-state index in [1.807, 2.05) is 0 Å². The molecule has 70 valence electrons. The third-order valence-corrected chi connectivity index (χ3v) is 2.31. The van der Waals surface area contributed by atoms with Gasteiger partial charge in [0.05, 0.1) is 5.75 Å². The SMILES string of the molecule is CC(=O)[N+](CC(N)=O)=C1N=CCS1. The molecule has 0 unspecified atom stereocenters. The van der Waals surface area contributed by atoms with Gasteiger partial charge in [-0.2, -0.15) is 4.58 Å². The fourth-order valence-corrected chi connectivity index (χ4v) is 1.68. The number of carbonyl (C=O) groups is 2. The Morgan fingerprint density at radius 3 is 2.85 bits per heavy atom. The van der Waals surface area contributed by atoms with Crippen LogP contribution in [0.1, 0.15) is 6.92 Å². The van der Waals surface area contributed by atoms with E-state index in [1.165, 1.54) is 23.3 Å². The number of carbonyl (C=O) groups excluding carboxylic acids is 2. The van der Waals surface area contributed by atoms with Gasteiger partial charge in [0.15, 0.2) is 6.54 Å². The lowest BCUT2D eigenvalue weighted by Gasteiger charge is -1.98. The topological polar surface area (TPSA) is 75.5 Å². The lowest BCUT2D eigenvalue weighted by Crippen LogP contribution is -2.32. The van der Waals surface area contributed by atoms with Crippen molar-refractivity contribution in [2.45, 2.75) is 6.92 Å². The van der Waals surface area contributed by atoms with Gasteiger partial charge in [0.2, 0.25) is 0 Å². The van der Waals surface area contributed by atoms with Crippen LogP contribution in [-0.4, -0.2) is 40.1 Å². The van der Waals surface area contributed by atoms with Gasteiger partial charge in [0, 0.05) is 6.92 Å². The van der Waals surface area contributed by atoms with E-state index in [-0.39, 0.29) is 12.5 Å². The minimum Gasteiger partial charge on any atom is -0.366 e. The van der Waals surface area contributed by atoms with Gasteiger partial charge in [-0.05, 0) is 16.8 Å². The molecule has 2 amide bonds. The molecule has 6 heteroatoms. The third kappa shape index (κ3) is 2.66. The first-order valence-electron chi connectivity index (χ1n) is 3.70. The smallest absolute Gasteiger partial charge is 0.362 e. The van der Waals surface area contributed by atoms with Crippen LogP contribution < -0.4 is 5.73 Å². The van der Waals surface area contributed by atoms with Crippen molar-refractivity contribution in [3.63, 3.8) is 0 Å². The summed E-state index contributed by atoms with van der Waals surface area (Å²) in [4.78, 5) is 25.7. The van der Waals surface area contributed by atoms with Crippen molar-refractivity contribution in [1.82, 2.24) is 0 Å². The zero-order chi connectivity index (χ0) is 9.84. The van der Waals surface area contributed by atoms with Crippen molar-refractivity contribution in [2.24, 2.45) is 10.7 Å². The maximum atomic E-state index is 11.1. The molecule has 1 aliphatic heterocycles. The molecule has 0 spiro atoms. The van der Waals surface area contributed by atoms with E-state index in [0.717, 1.165) is 5.75 Å². The van der Waals surface area contributed by atoms with Crippen LogP contribution >= 0.6 is 11.8 Å². The number of thioether (sulfide) groups is 1. The lowest BCUT2D eigenvalue weighted by atomic mass is 10.5. The lowest BCUT2D eigenvalue weighted by molar-refractivity contribution is -0.434. The molecule has 0 saturated heterocycles. The van der Waals surface area contributed by atoms with E-state index in [4.69, 9.17) is 5.73 Å². The van der Waals surface area contributed by atoms with Gasteiger partial charge in [0.25, 0.3) is 5.91 Å². The van der Waals surface area contributed by atoms with E-state index in [1.54, 1.807) is 6.21 Å². The van der Waals surface area contributed by atoms with Crippen LogP contribution in [0.15, 0.2) is 4.99 Å². The van der Waals surface area contributed by atoms with E-state index >= 15 is 0 Å². The maximum Gasteiger partial charge on any atom is 0.362 e. The summed E-state index contributed by atoms with van der Waals surface area (Å²) in [5, 5.41) is 0.548. The monoisotopic (exact) mass is 200 g/mol. The van der Waals surface area contributed by atoms with E-state index in [2.05, 4.69) is 4.99 Å². The van der Waals surface area contributed by atoms with Crippen LogP contribution in [0.3, 0.4) is 0 Å². The number of aliphatic imine (C=N–C) groups is 1. The Morgan fingerprint density at radius 1 is 1.77 bits per heavy atom. The molecule has 0 bridgehead atoms. The van der Waals surface area contributed by atoms with Crippen LogP contribution in [-0.2, 0) is 9.59 Å². The first-order valence-corrected chi connectivity index (χ1v) is 4.68. The number of rotatable bonds is 2. The molecule has 0 aliphatic carbocycles. The van der Waals surface area contributed by atoms with Crippen LogP contribution in [0, 0.1) is 0 Å². The van der Waals surface area contributed by atoms with Crippen LogP contribution in [0.5, 0.6) is 0 Å². The minimum absolute atomic E-state index is 0.102. The molecule has 13 heavy (non-hydrogen) atoms. The number of primary amides is 1. The third-order valence-electron chi connectivity index (χ3n) is 1.41. The number of nitrogens with two attached hydrogens (primary N) is 1. The zero-order valence-corrected chi connectivity index (χ0v) is 8.00. The molecule has 0 saturated carbocycles. The predicted octanol–water partition coefficient (Wildman–Crippen LogP) is -0.796. The molecular weight excluding hydrogens is 190 g/mol. The molecule has 2 N–H and O–H groups in total. The van der Waals surface area contributed by atoms with Crippen molar-refractivity contribution in [3.05, 3.63) is 0 Å².